The molecule has 0 saturated heterocycles. The van der Waals surface area contributed by atoms with Crippen molar-refractivity contribution < 1.29 is 9.53 Å². The Morgan fingerprint density at radius 2 is 1.76 bits per heavy atom. The SMILES string of the molecule is Cc1cc(C)cc(OCc2nnc(SCC(=O)Nc3ccc(C)cc3C)n2C)c1. The van der Waals surface area contributed by atoms with Crippen LogP contribution in [0.5, 0.6) is 5.75 Å². The van der Waals surface area contributed by atoms with E-state index >= 15 is 0 Å². The van der Waals surface area contributed by atoms with E-state index in [0.29, 0.717) is 17.6 Å². The third-order valence-electron chi connectivity index (χ3n) is 4.48. The van der Waals surface area contributed by atoms with Crippen LogP contribution in [0.2, 0.25) is 0 Å². The highest BCUT2D eigenvalue weighted by atomic mass is 32.2. The number of hydrogen-bond acceptors (Lipinski definition) is 5. The van der Waals surface area contributed by atoms with Gasteiger partial charge in [0.25, 0.3) is 0 Å². The Bertz CT molecular complexity index is 1010. The van der Waals surface area contributed by atoms with E-state index in [1.54, 1.807) is 0 Å². The fraction of sp³-hybridized carbons (Fsp3) is 0.318. The molecule has 152 valence electrons. The van der Waals surface area contributed by atoms with Crippen molar-refractivity contribution in [3.8, 4) is 5.75 Å². The first-order chi connectivity index (χ1) is 13.8. The fourth-order valence-electron chi connectivity index (χ4n) is 3.03. The van der Waals surface area contributed by atoms with Crippen LogP contribution in [-0.4, -0.2) is 26.4 Å². The van der Waals surface area contributed by atoms with Gasteiger partial charge in [-0.1, -0.05) is 35.5 Å². The number of ether oxygens (including phenoxy) is 1. The van der Waals surface area contributed by atoms with Gasteiger partial charge in [0.1, 0.15) is 12.4 Å². The molecule has 0 unspecified atom stereocenters. The molecule has 1 aromatic heterocycles. The molecule has 0 aliphatic rings. The average Bonchev–Trinajstić information content (AvgIpc) is 3.00. The Kier molecular flexibility index (Phi) is 6.59. The summed E-state index contributed by atoms with van der Waals surface area (Å²) in [5, 5.41) is 12.0. The number of aromatic nitrogens is 3. The number of amides is 1. The van der Waals surface area contributed by atoms with Crippen LogP contribution in [0.1, 0.15) is 28.1 Å². The largest absolute Gasteiger partial charge is 0.486 e. The summed E-state index contributed by atoms with van der Waals surface area (Å²) in [4.78, 5) is 12.3. The minimum Gasteiger partial charge on any atom is -0.486 e. The molecule has 2 aromatic carbocycles. The van der Waals surface area contributed by atoms with E-state index in [4.69, 9.17) is 4.74 Å². The molecule has 0 fully saturated rings. The van der Waals surface area contributed by atoms with Gasteiger partial charge in [0.15, 0.2) is 11.0 Å². The number of nitrogens with zero attached hydrogens (tertiary/aromatic N) is 3. The van der Waals surface area contributed by atoms with Crippen LogP contribution in [0.3, 0.4) is 0 Å². The number of anilines is 1. The first-order valence-electron chi connectivity index (χ1n) is 9.41. The minimum atomic E-state index is -0.0713. The van der Waals surface area contributed by atoms with Crippen molar-refractivity contribution >= 4 is 23.4 Å². The molecule has 0 spiro atoms. The fourth-order valence-corrected chi connectivity index (χ4v) is 3.76. The van der Waals surface area contributed by atoms with Crippen LogP contribution in [0, 0.1) is 27.7 Å². The summed E-state index contributed by atoms with van der Waals surface area (Å²) in [7, 11) is 1.88. The zero-order valence-electron chi connectivity index (χ0n) is 17.4. The van der Waals surface area contributed by atoms with E-state index in [-0.39, 0.29) is 11.7 Å². The van der Waals surface area contributed by atoms with E-state index in [2.05, 4.69) is 21.6 Å². The monoisotopic (exact) mass is 410 g/mol. The maximum atomic E-state index is 12.3. The van der Waals surface area contributed by atoms with Crippen molar-refractivity contribution in [2.75, 3.05) is 11.1 Å². The lowest BCUT2D eigenvalue weighted by Crippen LogP contribution is -2.15. The van der Waals surface area contributed by atoms with Crippen LogP contribution >= 0.6 is 11.8 Å². The summed E-state index contributed by atoms with van der Waals surface area (Å²) in [5.41, 5.74) is 5.37. The van der Waals surface area contributed by atoms with Gasteiger partial charge in [-0.15, -0.1) is 10.2 Å². The summed E-state index contributed by atoms with van der Waals surface area (Å²) in [5.74, 6) is 1.71. The molecule has 1 heterocycles. The highest BCUT2D eigenvalue weighted by molar-refractivity contribution is 7.99. The molecule has 0 radical (unpaired) electrons. The molecule has 3 rings (SSSR count). The second kappa shape index (κ2) is 9.13. The number of benzene rings is 2. The molecule has 0 atom stereocenters. The molecular formula is C22H26N4O2S. The van der Waals surface area contributed by atoms with Gasteiger partial charge in [0, 0.05) is 12.7 Å². The molecule has 0 aliphatic heterocycles. The highest BCUT2D eigenvalue weighted by Crippen LogP contribution is 2.21. The number of aryl methyl sites for hydroxylation is 4. The van der Waals surface area contributed by atoms with Gasteiger partial charge in [0.05, 0.1) is 5.75 Å². The minimum absolute atomic E-state index is 0.0713. The lowest BCUT2D eigenvalue weighted by Gasteiger charge is -2.09. The van der Waals surface area contributed by atoms with Crippen molar-refractivity contribution in [3.63, 3.8) is 0 Å². The molecule has 6 nitrogen and oxygen atoms in total. The van der Waals surface area contributed by atoms with Gasteiger partial charge in [-0.2, -0.15) is 0 Å². The quantitative estimate of drug-likeness (QED) is 0.586. The summed E-state index contributed by atoms with van der Waals surface area (Å²) < 4.78 is 7.72. The molecule has 3 aromatic rings. The summed E-state index contributed by atoms with van der Waals surface area (Å²) in [6.07, 6.45) is 0. The molecule has 1 N–H and O–H groups in total. The molecular weight excluding hydrogens is 384 g/mol. The number of carbonyl (C=O) groups is 1. The van der Waals surface area contributed by atoms with E-state index < -0.39 is 0 Å². The number of nitrogens with one attached hydrogen (secondary N) is 1. The van der Waals surface area contributed by atoms with Crippen LogP contribution in [0.25, 0.3) is 0 Å². The van der Waals surface area contributed by atoms with E-state index in [1.807, 2.05) is 69.6 Å². The summed E-state index contributed by atoms with van der Waals surface area (Å²) >= 11 is 1.35. The lowest BCUT2D eigenvalue weighted by molar-refractivity contribution is -0.113. The van der Waals surface area contributed by atoms with Crippen molar-refractivity contribution in [2.45, 2.75) is 39.5 Å². The molecule has 0 aliphatic carbocycles. The van der Waals surface area contributed by atoms with Crippen molar-refractivity contribution in [1.29, 1.82) is 0 Å². The molecule has 0 saturated carbocycles. The zero-order chi connectivity index (χ0) is 21.0. The third kappa shape index (κ3) is 5.60. The van der Waals surface area contributed by atoms with Crippen LogP contribution < -0.4 is 10.1 Å². The van der Waals surface area contributed by atoms with Gasteiger partial charge in [-0.05, 0) is 62.6 Å². The Labute approximate surface area is 175 Å². The topological polar surface area (TPSA) is 69.0 Å². The van der Waals surface area contributed by atoms with E-state index in [0.717, 1.165) is 28.1 Å². The van der Waals surface area contributed by atoms with Gasteiger partial charge in [0.2, 0.25) is 5.91 Å². The van der Waals surface area contributed by atoms with Gasteiger partial charge in [-0.3, -0.25) is 4.79 Å². The summed E-state index contributed by atoms with van der Waals surface area (Å²) in [6, 6.07) is 12.1. The smallest absolute Gasteiger partial charge is 0.234 e. The number of carbonyl (C=O) groups excluding carboxylic acids is 1. The van der Waals surface area contributed by atoms with Crippen molar-refractivity contribution in [2.24, 2.45) is 7.05 Å². The Morgan fingerprint density at radius 1 is 1.03 bits per heavy atom. The second-order valence-electron chi connectivity index (χ2n) is 7.23. The van der Waals surface area contributed by atoms with Gasteiger partial charge < -0.3 is 14.6 Å². The second-order valence-corrected chi connectivity index (χ2v) is 8.17. The predicted molar refractivity (Wildman–Crippen MR) is 117 cm³/mol. The van der Waals surface area contributed by atoms with Crippen molar-refractivity contribution in [3.05, 3.63) is 64.5 Å². The average molecular weight is 411 g/mol. The Morgan fingerprint density at radius 3 is 2.45 bits per heavy atom. The lowest BCUT2D eigenvalue weighted by atomic mass is 10.1. The zero-order valence-corrected chi connectivity index (χ0v) is 18.3. The van der Waals surface area contributed by atoms with Crippen LogP contribution in [0.15, 0.2) is 41.6 Å². The molecule has 29 heavy (non-hydrogen) atoms. The van der Waals surface area contributed by atoms with Crippen LogP contribution in [0.4, 0.5) is 5.69 Å². The van der Waals surface area contributed by atoms with Crippen molar-refractivity contribution in [1.82, 2.24) is 14.8 Å². The first kappa shape index (κ1) is 20.9. The standard InChI is InChI=1S/C22H26N4O2S/c1-14-6-7-19(17(4)9-14)23-21(27)13-29-22-25-24-20(26(22)5)12-28-18-10-15(2)8-16(3)11-18/h6-11H,12-13H2,1-5H3,(H,23,27). The number of thioether (sulfide) groups is 1. The third-order valence-corrected chi connectivity index (χ3v) is 5.50. The van der Waals surface area contributed by atoms with Crippen LogP contribution in [-0.2, 0) is 18.4 Å². The summed E-state index contributed by atoms with van der Waals surface area (Å²) in [6.45, 7) is 8.42. The Balaban J connectivity index is 1.55. The highest BCUT2D eigenvalue weighted by Gasteiger charge is 2.13. The van der Waals surface area contributed by atoms with Gasteiger partial charge >= 0.3 is 0 Å². The van der Waals surface area contributed by atoms with Gasteiger partial charge in [-0.25, -0.2) is 0 Å². The molecule has 1 amide bonds. The van der Waals surface area contributed by atoms with E-state index in [1.165, 1.54) is 17.3 Å². The number of rotatable bonds is 7. The molecule has 0 bridgehead atoms. The predicted octanol–water partition coefficient (Wildman–Crippen LogP) is 4.36. The maximum Gasteiger partial charge on any atom is 0.234 e. The normalized spacial score (nSPS) is 10.8. The van der Waals surface area contributed by atoms with E-state index in [9.17, 15) is 4.79 Å². The number of hydrogen-bond donors (Lipinski definition) is 1. The Hall–Kier alpha value is -2.80. The first-order valence-corrected chi connectivity index (χ1v) is 10.4. The maximum absolute atomic E-state index is 12.3. The molecule has 7 heteroatoms.